The van der Waals surface area contributed by atoms with E-state index in [1.807, 2.05) is 20.8 Å². The first-order valence-corrected chi connectivity index (χ1v) is 9.16. The van der Waals surface area contributed by atoms with Crippen LogP contribution in [0.25, 0.3) is 0 Å². The summed E-state index contributed by atoms with van der Waals surface area (Å²) in [6, 6.07) is 4.83. The molecule has 1 amide bonds. The second kappa shape index (κ2) is 5.66. The third-order valence-electron chi connectivity index (χ3n) is 3.69. The Hall–Kier alpha value is -1.40. The van der Waals surface area contributed by atoms with E-state index in [1.54, 1.807) is 24.0 Å². The van der Waals surface area contributed by atoms with E-state index >= 15 is 0 Å². The van der Waals surface area contributed by atoms with Crippen molar-refractivity contribution in [1.82, 2.24) is 4.90 Å². The molecule has 0 N–H and O–H groups in total. The third-order valence-corrected chi connectivity index (χ3v) is 4.93. The van der Waals surface area contributed by atoms with Gasteiger partial charge >= 0.3 is 0 Å². The van der Waals surface area contributed by atoms with Crippen LogP contribution >= 0.6 is 0 Å². The molecule has 2 rings (SSSR count). The summed E-state index contributed by atoms with van der Waals surface area (Å²) in [5.74, 6) is -0.159. The van der Waals surface area contributed by atoms with E-state index in [2.05, 4.69) is 0 Å². The molecule has 1 unspecified atom stereocenters. The van der Waals surface area contributed by atoms with E-state index in [9.17, 15) is 13.2 Å². The van der Waals surface area contributed by atoms with Crippen LogP contribution in [0.5, 0.6) is 0 Å². The number of hydrogen-bond acceptors (Lipinski definition) is 4. The Morgan fingerprint density at radius 1 is 1.36 bits per heavy atom. The van der Waals surface area contributed by atoms with Gasteiger partial charge in [0.25, 0.3) is 5.91 Å². The van der Waals surface area contributed by atoms with Crippen molar-refractivity contribution in [2.75, 3.05) is 19.3 Å². The smallest absolute Gasteiger partial charge is 0.254 e. The van der Waals surface area contributed by atoms with Crippen molar-refractivity contribution >= 4 is 15.7 Å². The van der Waals surface area contributed by atoms with E-state index < -0.39 is 15.4 Å². The van der Waals surface area contributed by atoms with E-state index in [0.717, 1.165) is 6.26 Å². The van der Waals surface area contributed by atoms with E-state index in [1.165, 1.54) is 6.07 Å². The first-order chi connectivity index (χ1) is 9.99. The number of nitrogens with zero attached hydrogens (tertiary/aromatic N) is 1. The van der Waals surface area contributed by atoms with Crippen molar-refractivity contribution in [3.05, 3.63) is 29.3 Å². The molecule has 0 spiro atoms. The fourth-order valence-electron chi connectivity index (χ4n) is 2.92. The predicted molar refractivity (Wildman–Crippen MR) is 84.8 cm³/mol. The lowest BCUT2D eigenvalue weighted by Gasteiger charge is -2.41. The van der Waals surface area contributed by atoms with Gasteiger partial charge in [0.05, 0.1) is 16.6 Å². The third kappa shape index (κ3) is 3.67. The number of carbonyl (C=O) groups is 1. The van der Waals surface area contributed by atoms with Crippen LogP contribution in [0.15, 0.2) is 23.1 Å². The van der Waals surface area contributed by atoms with Crippen LogP contribution in [0.1, 0.15) is 36.7 Å². The first-order valence-electron chi connectivity index (χ1n) is 7.27. The zero-order valence-electron chi connectivity index (χ0n) is 13.7. The maximum Gasteiger partial charge on any atom is 0.254 e. The van der Waals surface area contributed by atoms with Crippen LogP contribution in [0, 0.1) is 6.92 Å². The molecular formula is C16H23NO4S. The van der Waals surface area contributed by atoms with Crippen molar-refractivity contribution in [2.24, 2.45) is 0 Å². The van der Waals surface area contributed by atoms with E-state index in [-0.39, 0.29) is 16.9 Å². The molecule has 0 aromatic heterocycles. The molecule has 5 nitrogen and oxygen atoms in total. The van der Waals surface area contributed by atoms with Gasteiger partial charge in [0.2, 0.25) is 0 Å². The average Bonchev–Trinajstić information content (AvgIpc) is 2.34. The van der Waals surface area contributed by atoms with Gasteiger partial charge < -0.3 is 9.64 Å². The summed E-state index contributed by atoms with van der Waals surface area (Å²) >= 11 is 0. The molecule has 1 atom stereocenters. The Morgan fingerprint density at radius 3 is 2.55 bits per heavy atom. The van der Waals surface area contributed by atoms with E-state index in [4.69, 9.17) is 4.74 Å². The Balaban J connectivity index is 2.34. The number of morpholine rings is 1. The van der Waals surface area contributed by atoms with Crippen LogP contribution in [-0.2, 0) is 14.6 Å². The zero-order chi connectivity index (χ0) is 16.7. The Kier molecular flexibility index (Phi) is 4.37. The molecule has 0 bridgehead atoms. The second-order valence-electron chi connectivity index (χ2n) is 6.63. The molecule has 1 aliphatic rings. The van der Waals surface area contributed by atoms with Gasteiger partial charge in [0, 0.05) is 24.9 Å². The maximum absolute atomic E-state index is 12.7. The molecule has 1 heterocycles. The first kappa shape index (κ1) is 17.0. The number of benzene rings is 1. The molecule has 1 aliphatic heterocycles. The Bertz CT molecular complexity index is 694. The van der Waals surface area contributed by atoms with Crippen molar-refractivity contribution in [3.63, 3.8) is 0 Å². The van der Waals surface area contributed by atoms with Gasteiger partial charge in [-0.15, -0.1) is 0 Å². The SMILES string of the molecule is Cc1ccc(C(=O)N2CC(C)OC(C)(C)C2)cc1S(C)(=O)=O. The molecule has 6 heteroatoms. The molecule has 1 aromatic carbocycles. The highest BCUT2D eigenvalue weighted by atomic mass is 32.2. The average molecular weight is 325 g/mol. The molecule has 1 fully saturated rings. The lowest BCUT2D eigenvalue weighted by Crippen LogP contribution is -2.53. The number of ether oxygens (including phenoxy) is 1. The number of rotatable bonds is 2. The van der Waals surface area contributed by atoms with Crippen molar-refractivity contribution in [1.29, 1.82) is 0 Å². The minimum Gasteiger partial charge on any atom is -0.369 e. The van der Waals surface area contributed by atoms with Gasteiger partial charge in [0.1, 0.15) is 0 Å². The summed E-state index contributed by atoms with van der Waals surface area (Å²) in [6.07, 6.45) is 1.11. The van der Waals surface area contributed by atoms with Crippen LogP contribution in [-0.4, -0.2) is 50.3 Å². The predicted octanol–water partition coefficient (Wildman–Crippen LogP) is 2.04. The van der Waals surface area contributed by atoms with Crippen molar-refractivity contribution in [3.8, 4) is 0 Å². The molecule has 0 saturated carbocycles. The normalized spacial score (nSPS) is 21.7. The van der Waals surface area contributed by atoms with Gasteiger partial charge in [-0.05, 0) is 45.4 Å². The van der Waals surface area contributed by atoms with Gasteiger partial charge in [-0.25, -0.2) is 8.42 Å². The highest BCUT2D eigenvalue weighted by molar-refractivity contribution is 7.90. The number of hydrogen-bond donors (Lipinski definition) is 0. The largest absolute Gasteiger partial charge is 0.369 e. The molecule has 0 radical (unpaired) electrons. The monoisotopic (exact) mass is 325 g/mol. The van der Waals surface area contributed by atoms with Gasteiger partial charge in [-0.1, -0.05) is 6.07 Å². The van der Waals surface area contributed by atoms with Crippen molar-refractivity contribution in [2.45, 2.75) is 44.3 Å². The lowest BCUT2D eigenvalue weighted by atomic mass is 10.0. The summed E-state index contributed by atoms with van der Waals surface area (Å²) < 4.78 is 29.4. The standard InChI is InChI=1S/C16H23NO4S/c1-11-6-7-13(8-14(11)22(5,19)20)15(18)17-9-12(2)21-16(3,4)10-17/h6-8,12H,9-10H2,1-5H3. The number of carbonyl (C=O) groups excluding carboxylic acids is 1. The van der Waals surface area contributed by atoms with Gasteiger partial charge in [-0.2, -0.15) is 0 Å². The Morgan fingerprint density at radius 2 is 2.00 bits per heavy atom. The molecule has 122 valence electrons. The van der Waals surface area contributed by atoms with Crippen LogP contribution in [0.4, 0.5) is 0 Å². The molecular weight excluding hydrogens is 302 g/mol. The van der Waals surface area contributed by atoms with Crippen molar-refractivity contribution < 1.29 is 17.9 Å². The van der Waals surface area contributed by atoms with Gasteiger partial charge in [0.15, 0.2) is 9.84 Å². The quantitative estimate of drug-likeness (QED) is 0.835. The molecule has 1 aromatic rings. The highest BCUT2D eigenvalue weighted by Crippen LogP contribution is 2.24. The highest BCUT2D eigenvalue weighted by Gasteiger charge is 2.34. The van der Waals surface area contributed by atoms with E-state index in [0.29, 0.717) is 24.2 Å². The molecule has 22 heavy (non-hydrogen) atoms. The summed E-state index contributed by atoms with van der Waals surface area (Å²) in [6.45, 7) is 8.53. The Labute approximate surface area is 132 Å². The molecule has 1 saturated heterocycles. The minimum absolute atomic E-state index is 0.0486. The number of amides is 1. The second-order valence-corrected chi connectivity index (χ2v) is 8.61. The van der Waals surface area contributed by atoms with Gasteiger partial charge in [-0.3, -0.25) is 4.79 Å². The summed E-state index contributed by atoms with van der Waals surface area (Å²) in [7, 11) is -3.35. The summed E-state index contributed by atoms with van der Waals surface area (Å²) in [4.78, 5) is 14.6. The fraction of sp³-hybridized carbons (Fsp3) is 0.562. The van der Waals surface area contributed by atoms with Crippen LogP contribution in [0.2, 0.25) is 0 Å². The van der Waals surface area contributed by atoms with Crippen LogP contribution < -0.4 is 0 Å². The minimum atomic E-state index is -3.35. The number of aryl methyl sites for hydroxylation is 1. The maximum atomic E-state index is 12.7. The summed E-state index contributed by atoms with van der Waals surface area (Å²) in [5.41, 5.74) is 0.642. The fourth-order valence-corrected chi connectivity index (χ4v) is 3.92. The molecule has 0 aliphatic carbocycles. The zero-order valence-corrected chi connectivity index (χ0v) is 14.5. The summed E-state index contributed by atoms with van der Waals surface area (Å²) in [5, 5.41) is 0. The topological polar surface area (TPSA) is 63.7 Å². The lowest BCUT2D eigenvalue weighted by molar-refractivity contribution is -0.118. The number of sulfone groups is 1. The van der Waals surface area contributed by atoms with Crippen LogP contribution in [0.3, 0.4) is 0 Å².